The van der Waals surface area contributed by atoms with Crippen molar-refractivity contribution in [2.45, 2.75) is 46.0 Å². The van der Waals surface area contributed by atoms with Gasteiger partial charge in [0, 0.05) is 23.5 Å². The van der Waals surface area contributed by atoms with Crippen molar-refractivity contribution in [1.29, 1.82) is 0 Å². The van der Waals surface area contributed by atoms with Gasteiger partial charge in [-0.05, 0) is 56.7 Å². The van der Waals surface area contributed by atoms with E-state index in [9.17, 15) is 0 Å². The number of hydrogen-bond acceptors (Lipinski definition) is 3. The highest BCUT2D eigenvalue weighted by atomic mass is 32.1. The molecule has 5 heteroatoms. The van der Waals surface area contributed by atoms with Crippen molar-refractivity contribution < 1.29 is 0 Å². The molecule has 122 valence electrons. The SMILES string of the molecule is Cc1nc(C)c(CCN=C(N)Nc2cccc3c2CCCC3)s1. The van der Waals surface area contributed by atoms with Crippen LogP contribution in [0.25, 0.3) is 0 Å². The van der Waals surface area contributed by atoms with Crippen LogP contribution in [0.3, 0.4) is 0 Å². The third kappa shape index (κ3) is 3.91. The van der Waals surface area contributed by atoms with Crippen LogP contribution in [-0.4, -0.2) is 17.5 Å². The van der Waals surface area contributed by atoms with Crippen molar-refractivity contribution in [1.82, 2.24) is 4.98 Å². The van der Waals surface area contributed by atoms with Gasteiger partial charge in [0.25, 0.3) is 0 Å². The third-order valence-corrected chi connectivity index (χ3v) is 5.41. The normalized spacial score (nSPS) is 14.6. The topological polar surface area (TPSA) is 63.3 Å². The smallest absolute Gasteiger partial charge is 0.193 e. The summed E-state index contributed by atoms with van der Waals surface area (Å²) in [6.07, 6.45) is 5.74. The van der Waals surface area contributed by atoms with E-state index in [0.29, 0.717) is 12.5 Å². The van der Waals surface area contributed by atoms with Gasteiger partial charge >= 0.3 is 0 Å². The zero-order chi connectivity index (χ0) is 16.2. The summed E-state index contributed by atoms with van der Waals surface area (Å²) in [6.45, 7) is 4.79. The van der Waals surface area contributed by atoms with E-state index in [-0.39, 0.29) is 0 Å². The van der Waals surface area contributed by atoms with E-state index >= 15 is 0 Å². The number of aromatic nitrogens is 1. The molecule has 0 amide bonds. The van der Waals surface area contributed by atoms with E-state index < -0.39 is 0 Å². The highest BCUT2D eigenvalue weighted by molar-refractivity contribution is 7.11. The van der Waals surface area contributed by atoms with Gasteiger partial charge in [-0.15, -0.1) is 11.3 Å². The number of fused-ring (bicyclic) bond motifs is 1. The molecule has 1 aliphatic carbocycles. The molecule has 0 aliphatic heterocycles. The van der Waals surface area contributed by atoms with Gasteiger partial charge in [0.2, 0.25) is 0 Å². The Hall–Kier alpha value is -1.88. The maximum absolute atomic E-state index is 6.07. The lowest BCUT2D eigenvalue weighted by Gasteiger charge is -2.19. The molecule has 0 unspecified atom stereocenters. The van der Waals surface area contributed by atoms with E-state index in [1.807, 2.05) is 6.92 Å². The predicted octanol–water partition coefficient (Wildman–Crippen LogP) is 3.61. The summed E-state index contributed by atoms with van der Waals surface area (Å²) >= 11 is 1.75. The number of benzene rings is 1. The summed E-state index contributed by atoms with van der Waals surface area (Å²) in [6, 6.07) is 6.42. The van der Waals surface area contributed by atoms with Gasteiger partial charge < -0.3 is 11.1 Å². The number of aryl methyl sites for hydroxylation is 3. The first-order chi connectivity index (χ1) is 11.1. The first kappa shape index (κ1) is 16.0. The summed E-state index contributed by atoms with van der Waals surface area (Å²) < 4.78 is 0. The van der Waals surface area contributed by atoms with Crippen LogP contribution in [0.5, 0.6) is 0 Å². The van der Waals surface area contributed by atoms with Gasteiger partial charge in [0.05, 0.1) is 10.7 Å². The Morgan fingerprint density at radius 2 is 2.13 bits per heavy atom. The number of thiazole rings is 1. The minimum absolute atomic E-state index is 0.503. The average molecular weight is 328 g/mol. The summed E-state index contributed by atoms with van der Waals surface area (Å²) in [5.41, 5.74) is 11.2. The zero-order valence-corrected chi connectivity index (χ0v) is 14.7. The maximum atomic E-state index is 6.07. The fraction of sp³-hybridized carbons (Fsp3) is 0.444. The lowest BCUT2D eigenvalue weighted by Crippen LogP contribution is -2.24. The molecule has 4 nitrogen and oxygen atoms in total. The van der Waals surface area contributed by atoms with Gasteiger partial charge in [0.1, 0.15) is 0 Å². The fourth-order valence-corrected chi connectivity index (χ4v) is 4.09. The molecular weight excluding hydrogens is 304 g/mol. The van der Waals surface area contributed by atoms with Crippen molar-refractivity contribution in [3.63, 3.8) is 0 Å². The van der Waals surface area contributed by atoms with Gasteiger partial charge in [-0.25, -0.2) is 4.98 Å². The Kier molecular flexibility index (Phi) is 4.96. The predicted molar refractivity (Wildman–Crippen MR) is 98.5 cm³/mol. The standard InChI is InChI=1S/C18H24N4S/c1-12-17(23-13(2)21-12)10-11-20-18(19)22-16-9-5-7-14-6-3-4-8-15(14)16/h5,7,9H,3-4,6,8,10-11H2,1-2H3,(H3,19,20,22). The molecule has 1 aromatic heterocycles. The number of guanidine groups is 1. The van der Waals surface area contributed by atoms with Crippen LogP contribution >= 0.6 is 11.3 Å². The van der Waals surface area contributed by atoms with E-state index in [4.69, 9.17) is 5.73 Å². The van der Waals surface area contributed by atoms with Crippen LogP contribution in [0.15, 0.2) is 23.2 Å². The minimum Gasteiger partial charge on any atom is -0.370 e. The Bertz CT molecular complexity index is 718. The van der Waals surface area contributed by atoms with E-state index in [1.54, 1.807) is 11.3 Å². The van der Waals surface area contributed by atoms with Gasteiger partial charge in [-0.3, -0.25) is 4.99 Å². The van der Waals surface area contributed by atoms with Crippen LogP contribution in [0, 0.1) is 13.8 Å². The molecule has 0 saturated heterocycles. The van der Waals surface area contributed by atoms with E-state index in [1.165, 1.54) is 35.3 Å². The number of hydrogen-bond donors (Lipinski definition) is 2. The molecule has 0 spiro atoms. The molecule has 1 aliphatic rings. The molecule has 0 atom stereocenters. The van der Waals surface area contributed by atoms with Gasteiger partial charge in [-0.1, -0.05) is 12.1 Å². The Morgan fingerprint density at radius 3 is 2.91 bits per heavy atom. The molecule has 23 heavy (non-hydrogen) atoms. The van der Waals surface area contributed by atoms with E-state index in [0.717, 1.165) is 29.2 Å². The van der Waals surface area contributed by atoms with Crippen molar-refractivity contribution in [2.75, 3.05) is 11.9 Å². The molecule has 1 aromatic carbocycles. The van der Waals surface area contributed by atoms with Crippen LogP contribution in [0.4, 0.5) is 5.69 Å². The summed E-state index contributed by atoms with van der Waals surface area (Å²) in [5, 5.41) is 4.41. The maximum Gasteiger partial charge on any atom is 0.193 e. The molecule has 0 bridgehead atoms. The molecule has 0 saturated carbocycles. The van der Waals surface area contributed by atoms with Crippen molar-refractivity contribution >= 4 is 23.0 Å². The summed E-state index contributed by atoms with van der Waals surface area (Å²) in [5.74, 6) is 0.503. The number of rotatable bonds is 4. The number of aliphatic imine (C=N–C) groups is 1. The Morgan fingerprint density at radius 1 is 1.30 bits per heavy atom. The van der Waals surface area contributed by atoms with Gasteiger partial charge in [-0.2, -0.15) is 0 Å². The Balaban J connectivity index is 1.63. The summed E-state index contributed by atoms with van der Waals surface area (Å²) in [4.78, 5) is 10.2. The highest BCUT2D eigenvalue weighted by Crippen LogP contribution is 2.27. The lowest BCUT2D eigenvalue weighted by atomic mass is 9.90. The molecular formula is C18H24N4S. The lowest BCUT2D eigenvalue weighted by molar-refractivity contribution is 0.687. The highest BCUT2D eigenvalue weighted by Gasteiger charge is 2.13. The molecule has 2 aromatic rings. The first-order valence-corrected chi connectivity index (χ1v) is 9.06. The van der Waals surface area contributed by atoms with Crippen LogP contribution < -0.4 is 11.1 Å². The number of anilines is 1. The molecule has 3 N–H and O–H groups in total. The third-order valence-electron chi connectivity index (χ3n) is 4.28. The van der Waals surface area contributed by atoms with Crippen LogP contribution in [0.1, 0.15) is 39.5 Å². The minimum atomic E-state index is 0.503. The molecule has 0 fully saturated rings. The second-order valence-electron chi connectivity index (χ2n) is 6.03. The monoisotopic (exact) mass is 328 g/mol. The first-order valence-electron chi connectivity index (χ1n) is 8.24. The van der Waals surface area contributed by atoms with Gasteiger partial charge in [0.15, 0.2) is 5.96 Å². The van der Waals surface area contributed by atoms with Crippen molar-refractivity contribution in [2.24, 2.45) is 10.7 Å². The second kappa shape index (κ2) is 7.13. The van der Waals surface area contributed by atoms with Crippen molar-refractivity contribution in [3.8, 4) is 0 Å². The molecule has 3 rings (SSSR count). The van der Waals surface area contributed by atoms with Crippen LogP contribution in [0.2, 0.25) is 0 Å². The largest absolute Gasteiger partial charge is 0.370 e. The van der Waals surface area contributed by atoms with E-state index in [2.05, 4.69) is 40.4 Å². The zero-order valence-electron chi connectivity index (χ0n) is 13.9. The number of nitrogens with two attached hydrogens (primary N) is 1. The second-order valence-corrected chi connectivity index (χ2v) is 7.32. The quantitative estimate of drug-likeness (QED) is 0.666. The molecule has 1 heterocycles. The Labute approximate surface area is 141 Å². The number of nitrogens with zero attached hydrogens (tertiary/aromatic N) is 2. The fourth-order valence-electron chi connectivity index (χ4n) is 3.16. The van der Waals surface area contributed by atoms with Crippen molar-refractivity contribution in [3.05, 3.63) is 44.9 Å². The molecule has 0 radical (unpaired) electrons. The number of nitrogens with one attached hydrogen (secondary N) is 1. The van der Waals surface area contributed by atoms with Crippen LogP contribution in [-0.2, 0) is 19.3 Å². The average Bonchev–Trinajstić information content (AvgIpc) is 2.85. The summed E-state index contributed by atoms with van der Waals surface area (Å²) in [7, 11) is 0.